The van der Waals surface area contributed by atoms with Gasteiger partial charge in [-0.25, -0.2) is 0 Å². The number of benzene rings is 4. The minimum absolute atomic E-state index is 0.362. The highest BCUT2D eigenvalue weighted by Gasteiger charge is 2.43. The Hall–Kier alpha value is -3.85. The molecule has 0 aliphatic carbocycles. The van der Waals surface area contributed by atoms with E-state index in [-0.39, 0.29) is 5.41 Å². The lowest BCUT2D eigenvalue weighted by Crippen LogP contribution is -2.44. The topological polar surface area (TPSA) is 33.6 Å². The number of hydrogen-bond acceptors (Lipinski definition) is 3. The minimum atomic E-state index is -0.362. The molecular weight excluding hydrogens is 392 g/mol. The van der Waals surface area contributed by atoms with Gasteiger partial charge in [-0.15, -0.1) is 0 Å². The van der Waals surface area contributed by atoms with E-state index in [2.05, 4.69) is 102 Å². The molecule has 4 aromatic rings. The van der Waals surface area contributed by atoms with Gasteiger partial charge < -0.3 is 4.74 Å². The zero-order valence-corrected chi connectivity index (χ0v) is 18.2. The van der Waals surface area contributed by atoms with Crippen molar-refractivity contribution >= 4 is 11.4 Å². The summed E-state index contributed by atoms with van der Waals surface area (Å²) in [5, 5.41) is 4.97. The zero-order chi connectivity index (χ0) is 21.8. The summed E-state index contributed by atoms with van der Waals surface area (Å²) in [6, 6.07) is 38.1. The van der Waals surface area contributed by atoms with Crippen LogP contribution < -0.4 is 10.2 Å². The van der Waals surface area contributed by atoms with E-state index in [1.165, 1.54) is 16.7 Å². The first-order valence-electron chi connectivity index (χ1n) is 10.9. The van der Waals surface area contributed by atoms with Gasteiger partial charge in [-0.3, -0.25) is 5.43 Å². The molecule has 0 atom stereocenters. The zero-order valence-electron chi connectivity index (χ0n) is 18.2. The molecule has 3 nitrogen and oxygen atoms in total. The Balaban J connectivity index is 1.76. The molecule has 1 aliphatic rings. The standard InChI is InChI=1S/C29H26N2O/c1-32-25-17-18-27-26(19-25)29(20-22-11-5-2-6-12-22,21-23-13-7-3-8-14-23)28(31-30-27)24-15-9-4-10-16-24/h2-19,30H,20-21H2,1H3. The van der Waals surface area contributed by atoms with Crippen LogP contribution >= 0.6 is 0 Å². The molecule has 0 aromatic heterocycles. The van der Waals surface area contributed by atoms with Gasteiger partial charge in [-0.05, 0) is 53.3 Å². The summed E-state index contributed by atoms with van der Waals surface area (Å²) in [4.78, 5) is 0. The van der Waals surface area contributed by atoms with Gasteiger partial charge >= 0.3 is 0 Å². The normalized spacial score (nSPS) is 14.1. The molecule has 0 bridgehead atoms. The summed E-state index contributed by atoms with van der Waals surface area (Å²) in [6.45, 7) is 0. The first-order chi connectivity index (χ1) is 15.8. The van der Waals surface area contributed by atoms with Gasteiger partial charge in [0.2, 0.25) is 0 Å². The van der Waals surface area contributed by atoms with Crippen molar-refractivity contribution < 1.29 is 4.74 Å². The Morgan fingerprint density at radius 1 is 0.719 bits per heavy atom. The monoisotopic (exact) mass is 418 g/mol. The third-order valence-electron chi connectivity index (χ3n) is 6.23. The van der Waals surface area contributed by atoms with Crippen molar-refractivity contribution in [1.29, 1.82) is 0 Å². The van der Waals surface area contributed by atoms with Gasteiger partial charge in [0.15, 0.2) is 0 Å². The maximum atomic E-state index is 5.65. The molecule has 158 valence electrons. The first kappa shape index (κ1) is 20.1. The van der Waals surface area contributed by atoms with Gasteiger partial charge in [0, 0.05) is 0 Å². The highest BCUT2D eigenvalue weighted by Crippen LogP contribution is 2.44. The minimum Gasteiger partial charge on any atom is -0.497 e. The average Bonchev–Trinajstić information content (AvgIpc) is 2.86. The lowest BCUT2D eigenvalue weighted by atomic mass is 9.65. The van der Waals surface area contributed by atoms with Gasteiger partial charge in [0.1, 0.15) is 5.75 Å². The van der Waals surface area contributed by atoms with Crippen LogP contribution in [-0.2, 0) is 18.3 Å². The summed E-state index contributed by atoms with van der Waals surface area (Å²) < 4.78 is 5.65. The van der Waals surface area contributed by atoms with Crippen molar-refractivity contribution in [2.45, 2.75) is 18.3 Å². The summed E-state index contributed by atoms with van der Waals surface area (Å²) in [5.74, 6) is 0.852. The Bertz CT molecular complexity index is 1180. The fourth-order valence-corrected chi connectivity index (χ4v) is 4.74. The fraction of sp³-hybridized carbons (Fsp3) is 0.138. The molecule has 4 aromatic carbocycles. The van der Waals surface area contributed by atoms with Crippen molar-refractivity contribution in [2.24, 2.45) is 5.10 Å². The van der Waals surface area contributed by atoms with Crippen LogP contribution in [-0.4, -0.2) is 12.8 Å². The van der Waals surface area contributed by atoms with Gasteiger partial charge in [0.05, 0.1) is 23.9 Å². The second-order valence-electron chi connectivity index (χ2n) is 8.26. The highest BCUT2D eigenvalue weighted by molar-refractivity contribution is 6.10. The van der Waals surface area contributed by atoms with Gasteiger partial charge in [-0.2, -0.15) is 5.10 Å². The predicted octanol–water partition coefficient (Wildman–Crippen LogP) is 6.25. The quantitative estimate of drug-likeness (QED) is 0.402. The molecule has 0 saturated carbocycles. The van der Waals surface area contributed by atoms with Crippen LogP contribution in [0.4, 0.5) is 5.69 Å². The van der Waals surface area contributed by atoms with E-state index in [1.54, 1.807) is 7.11 Å². The van der Waals surface area contributed by atoms with Crippen molar-refractivity contribution in [1.82, 2.24) is 0 Å². The molecule has 1 aliphatic heterocycles. The number of fused-ring (bicyclic) bond motifs is 1. The van der Waals surface area contributed by atoms with Crippen LogP contribution in [0.3, 0.4) is 0 Å². The van der Waals surface area contributed by atoms with Crippen molar-refractivity contribution in [2.75, 3.05) is 12.5 Å². The molecule has 1 heterocycles. The van der Waals surface area contributed by atoms with Crippen LogP contribution in [0.25, 0.3) is 0 Å². The number of rotatable bonds is 6. The van der Waals surface area contributed by atoms with E-state index >= 15 is 0 Å². The van der Waals surface area contributed by atoms with Crippen LogP contribution in [0.2, 0.25) is 0 Å². The molecule has 0 unspecified atom stereocenters. The molecule has 0 spiro atoms. The van der Waals surface area contributed by atoms with Crippen LogP contribution in [0, 0.1) is 0 Å². The summed E-state index contributed by atoms with van der Waals surface area (Å²) >= 11 is 0. The third kappa shape index (κ3) is 3.78. The van der Waals surface area contributed by atoms with E-state index in [9.17, 15) is 0 Å². The van der Waals surface area contributed by atoms with Crippen LogP contribution in [0.1, 0.15) is 22.3 Å². The van der Waals surface area contributed by atoms with E-state index in [0.29, 0.717) is 0 Å². The average molecular weight is 419 g/mol. The number of hydrazone groups is 1. The number of ether oxygens (including phenoxy) is 1. The summed E-state index contributed by atoms with van der Waals surface area (Å²) in [7, 11) is 1.72. The first-order valence-corrected chi connectivity index (χ1v) is 10.9. The molecule has 0 radical (unpaired) electrons. The number of methoxy groups -OCH3 is 1. The van der Waals surface area contributed by atoms with E-state index in [4.69, 9.17) is 9.84 Å². The van der Waals surface area contributed by atoms with Crippen molar-refractivity contribution in [3.05, 3.63) is 131 Å². The smallest absolute Gasteiger partial charge is 0.119 e. The molecule has 1 N–H and O–H groups in total. The molecule has 3 heteroatoms. The summed E-state index contributed by atoms with van der Waals surface area (Å²) in [6.07, 6.45) is 1.66. The number of anilines is 1. The van der Waals surface area contributed by atoms with E-state index < -0.39 is 0 Å². The number of hydrogen-bond donors (Lipinski definition) is 1. The Labute approximate surface area is 189 Å². The van der Waals surface area contributed by atoms with Crippen molar-refractivity contribution in [3.63, 3.8) is 0 Å². The second-order valence-corrected chi connectivity index (χ2v) is 8.26. The molecule has 0 fully saturated rings. The second kappa shape index (κ2) is 8.72. The highest BCUT2D eigenvalue weighted by atomic mass is 16.5. The predicted molar refractivity (Wildman–Crippen MR) is 132 cm³/mol. The maximum Gasteiger partial charge on any atom is 0.119 e. The fourth-order valence-electron chi connectivity index (χ4n) is 4.74. The Kier molecular flexibility index (Phi) is 5.47. The largest absolute Gasteiger partial charge is 0.497 e. The Morgan fingerprint density at radius 2 is 1.28 bits per heavy atom. The van der Waals surface area contributed by atoms with E-state index in [1.807, 2.05) is 12.1 Å². The molecular formula is C29H26N2O. The summed E-state index contributed by atoms with van der Waals surface area (Å²) in [5.41, 5.74) is 9.93. The molecule has 32 heavy (non-hydrogen) atoms. The van der Waals surface area contributed by atoms with Crippen LogP contribution in [0.5, 0.6) is 5.75 Å². The van der Waals surface area contributed by atoms with Gasteiger partial charge in [0.25, 0.3) is 0 Å². The lowest BCUT2D eigenvalue weighted by molar-refractivity contribution is 0.412. The Morgan fingerprint density at radius 3 is 1.84 bits per heavy atom. The number of nitrogens with one attached hydrogen (secondary N) is 1. The van der Waals surface area contributed by atoms with E-state index in [0.717, 1.165) is 35.6 Å². The number of nitrogens with zero attached hydrogens (tertiary/aromatic N) is 1. The molecule has 0 amide bonds. The SMILES string of the molecule is COc1ccc2c(c1)C(Cc1ccccc1)(Cc1ccccc1)C(c1ccccc1)=NN2. The third-order valence-corrected chi connectivity index (χ3v) is 6.23. The maximum absolute atomic E-state index is 5.65. The van der Waals surface area contributed by atoms with Gasteiger partial charge in [-0.1, -0.05) is 91.0 Å². The lowest BCUT2D eigenvalue weighted by Gasteiger charge is -2.40. The molecule has 5 rings (SSSR count). The van der Waals surface area contributed by atoms with Crippen molar-refractivity contribution in [3.8, 4) is 5.75 Å². The molecule has 0 saturated heterocycles. The van der Waals surface area contributed by atoms with Crippen LogP contribution in [0.15, 0.2) is 114 Å².